The maximum absolute atomic E-state index is 12.1. The van der Waals surface area contributed by atoms with Crippen molar-refractivity contribution in [3.63, 3.8) is 0 Å². The van der Waals surface area contributed by atoms with E-state index in [9.17, 15) is 26.9 Å². The minimum atomic E-state index is -4.13. The fraction of sp³-hybridized carbons (Fsp3) is 0.346. The summed E-state index contributed by atoms with van der Waals surface area (Å²) in [5.41, 5.74) is 1.62. The molecule has 0 spiro atoms. The van der Waals surface area contributed by atoms with E-state index >= 15 is 0 Å². The van der Waals surface area contributed by atoms with Crippen LogP contribution >= 0.6 is 23.2 Å². The largest absolute Gasteiger partial charge is 0.371 e. The van der Waals surface area contributed by atoms with Crippen molar-refractivity contribution in [1.82, 2.24) is 9.78 Å². The number of rotatable bonds is 15. The van der Waals surface area contributed by atoms with E-state index in [0.29, 0.717) is 42.3 Å². The zero-order valence-corrected chi connectivity index (χ0v) is 26.5. The van der Waals surface area contributed by atoms with E-state index in [1.807, 2.05) is 11.0 Å². The monoisotopic (exact) mass is 685 g/mol. The van der Waals surface area contributed by atoms with Gasteiger partial charge in [-0.05, 0) is 62.1 Å². The minimum absolute atomic E-state index is 0.0777. The van der Waals surface area contributed by atoms with E-state index in [-0.39, 0.29) is 40.6 Å². The van der Waals surface area contributed by atoms with Crippen LogP contribution in [0.15, 0.2) is 52.8 Å². The van der Waals surface area contributed by atoms with Crippen molar-refractivity contribution in [3.8, 4) is 11.8 Å². The molecule has 18 heteroatoms. The number of nitriles is 1. The predicted molar refractivity (Wildman–Crippen MR) is 167 cm³/mol. The van der Waals surface area contributed by atoms with Gasteiger partial charge in [0.1, 0.15) is 17.3 Å². The number of carbonyl (C=O) groups is 1. The van der Waals surface area contributed by atoms with Crippen molar-refractivity contribution in [2.24, 2.45) is 10.2 Å². The molecule has 0 atom stereocenters. The number of nitrogens with zero attached hydrogens (tertiary/aromatic N) is 6. The second-order valence-electron chi connectivity index (χ2n) is 9.56. The summed E-state index contributed by atoms with van der Waals surface area (Å²) in [6.07, 6.45) is 2.42. The fourth-order valence-corrected chi connectivity index (χ4v) is 5.72. The molecule has 2 aromatic carbocycles. The molecule has 3 aromatic rings. The molecule has 0 aliphatic carbocycles. The van der Waals surface area contributed by atoms with Gasteiger partial charge in [-0.2, -0.15) is 27.2 Å². The number of azo groups is 1. The Kier molecular flexibility index (Phi) is 12.2. The molecule has 0 radical (unpaired) electrons. The molecule has 3 rings (SSSR count). The van der Waals surface area contributed by atoms with E-state index in [4.69, 9.17) is 32.3 Å². The molecule has 0 aliphatic rings. The number of nitrogens with one attached hydrogen (secondary N) is 1. The van der Waals surface area contributed by atoms with Crippen molar-refractivity contribution < 1.29 is 30.7 Å². The first-order valence-corrected chi connectivity index (χ1v) is 17.1. The van der Waals surface area contributed by atoms with Gasteiger partial charge in [0.2, 0.25) is 5.91 Å². The number of benzene rings is 2. The van der Waals surface area contributed by atoms with Crippen molar-refractivity contribution in [1.29, 1.82) is 5.26 Å². The Morgan fingerprint density at radius 2 is 1.64 bits per heavy atom. The lowest BCUT2D eigenvalue weighted by Gasteiger charge is -2.26. The quantitative estimate of drug-likeness (QED) is 0.103. The topological polar surface area (TPSA) is 207 Å². The number of hydrogen-bond acceptors (Lipinski definition) is 10. The summed E-state index contributed by atoms with van der Waals surface area (Å²) in [5.74, 6) is -1.15. The van der Waals surface area contributed by atoms with Gasteiger partial charge in [0.05, 0.1) is 34.1 Å². The average molecular weight is 687 g/mol. The van der Waals surface area contributed by atoms with Crippen molar-refractivity contribution in [2.45, 2.75) is 32.6 Å². The van der Waals surface area contributed by atoms with Crippen LogP contribution in [0.4, 0.5) is 22.9 Å². The number of hydrogen-bond donors (Lipinski definition) is 3. The first-order chi connectivity index (χ1) is 20.7. The lowest BCUT2D eigenvalue weighted by atomic mass is 10.2. The van der Waals surface area contributed by atoms with Crippen molar-refractivity contribution in [3.05, 3.63) is 58.2 Å². The van der Waals surface area contributed by atoms with Crippen LogP contribution in [0.5, 0.6) is 0 Å². The van der Waals surface area contributed by atoms with E-state index in [1.165, 1.54) is 23.9 Å². The molecule has 0 aliphatic heterocycles. The van der Waals surface area contributed by atoms with Crippen LogP contribution in [0.2, 0.25) is 10.0 Å². The molecule has 1 aromatic heterocycles. The Bertz CT molecular complexity index is 1750. The highest BCUT2D eigenvalue weighted by Gasteiger charge is 2.17. The van der Waals surface area contributed by atoms with Gasteiger partial charge in [-0.1, -0.05) is 23.2 Å². The van der Waals surface area contributed by atoms with Gasteiger partial charge in [0.15, 0.2) is 5.82 Å². The average Bonchev–Trinajstić information content (AvgIpc) is 3.32. The molecule has 0 saturated carbocycles. The lowest BCUT2D eigenvalue weighted by Crippen LogP contribution is -2.26. The summed E-state index contributed by atoms with van der Waals surface area (Å²) in [4.78, 5) is 13.9. The molecule has 0 fully saturated rings. The Morgan fingerprint density at radius 1 is 1.00 bits per heavy atom. The molecule has 1 amide bonds. The second-order valence-corrected chi connectivity index (χ2v) is 13.5. The van der Waals surface area contributed by atoms with Crippen LogP contribution in [0.1, 0.15) is 38.2 Å². The molecule has 3 N–H and O–H groups in total. The number of halogens is 2. The van der Waals surface area contributed by atoms with Gasteiger partial charge >= 0.3 is 0 Å². The van der Waals surface area contributed by atoms with Gasteiger partial charge < -0.3 is 10.2 Å². The molecule has 236 valence electrons. The summed E-state index contributed by atoms with van der Waals surface area (Å²) in [6.45, 7) is 1.99. The Labute approximate surface area is 264 Å². The first-order valence-electron chi connectivity index (χ1n) is 13.1. The van der Waals surface area contributed by atoms with Crippen LogP contribution in [-0.2, 0) is 25.0 Å². The highest BCUT2D eigenvalue weighted by Crippen LogP contribution is 2.34. The van der Waals surface area contributed by atoms with Gasteiger partial charge in [-0.25, -0.2) is 4.68 Å². The van der Waals surface area contributed by atoms with E-state index < -0.39 is 37.6 Å². The van der Waals surface area contributed by atoms with Crippen LogP contribution in [0, 0.1) is 11.3 Å². The SMILES string of the molecule is CC(=O)Nc1cc(N(CCCCS(=O)(=O)O)CCCCS(=O)(=O)O)ccc1N=Nc1c(C#N)cnn1-c1ccc(Cl)cc1Cl. The van der Waals surface area contributed by atoms with Gasteiger partial charge in [0, 0.05) is 30.7 Å². The third-order valence-corrected chi connectivity index (χ3v) is 8.22. The third-order valence-electron chi connectivity index (χ3n) is 6.07. The van der Waals surface area contributed by atoms with Crippen LogP contribution < -0.4 is 10.2 Å². The molecule has 0 bridgehead atoms. The maximum atomic E-state index is 12.1. The molecule has 0 saturated heterocycles. The first kappa shape index (κ1) is 34.9. The molecular weight excluding hydrogens is 657 g/mol. The Balaban J connectivity index is 1.94. The highest BCUT2D eigenvalue weighted by molar-refractivity contribution is 7.86. The van der Waals surface area contributed by atoms with E-state index in [2.05, 4.69) is 20.6 Å². The van der Waals surface area contributed by atoms with Crippen LogP contribution in [0.25, 0.3) is 5.69 Å². The maximum Gasteiger partial charge on any atom is 0.264 e. The number of carbonyl (C=O) groups excluding carboxylic acids is 1. The second kappa shape index (κ2) is 15.4. The predicted octanol–water partition coefficient (Wildman–Crippen LogP) is 5.57. The lowest BCUT2D eigenvalue weighted by molar-refractivity contribution is -0.114. The summed E-state index contributed by atoms with van der Waals surface area (Å²) < 4.78 is 63.9. The number of aromatic nitrogens is 2. The minimum Gasteiger partial charge on any atom is -0.371 e. The summed E-state index contributed by atoms with van der Waals surface area (Å²) in [6, 6.07) is 11.6. The van der Waals surface area contributed by atoms with Crippen molar-refractivity contribution >= 4 is 72.2 Å². The molecule has 14 nitrogen and oxygen atoms in total. The van der Waals surface area contributed by atoms with Gasteiger partial charge in [-0.15, -0.1) is 10.2 Å². The molecule has 44 heavy (non-hydrogen) atoms. The summed E-state index contributed by atoms with van der Waals surface area (Å²) in [5, 5.41) is 25.7. The van der Waals surface area contributed by atoms with E-state index in [0.717, 1.165) is 0 Å². The standard InChI is InChI=1S/C26H29Cl2N7O7S2/c1-18(36)31-24-15-21(34(10-2-4-12-43(37,38)39)11-3-5-13-44(40,41)42)7-8-23(24)32-33-26-19(16-29)17-30-35(26)25-9-6-20(27)14-22(25)28/h6-9,14-15,17H,2-5,10-13H2,1H3,(H,31,36)(H,37,38,39)(H,40,41,42). The smallest absolute Gasteiger partial charge is 0.264 e. The van der Waals surface area contributed by atoms with E-state index in [1.54, 1.807) is 30.3 Å². The normalized spacial score (nSPS) is 11.9. The number of unbranched alkanes of at least 4 members (excludes halogenated alkanes) is 2. The molecule has 1 heterocycles. The zero-order chi connectivity index (χ0) is 32.5. The number of amides is 1. The van der Waals surface area contributed by atoms with Gasteiger partial charge in [0.25, 0.3) is 20.2 Å². The Hall–Kier alpha value is -3.59. The fourth-order valence-electron chi connectivity index (χ4n) is 4.09. The van der Waals surface area contributed by atoms with Crippen LogP contribution in [-0.4, -0.2) is 66.2 Å². The Morgan fingerprint density at radius 3 is 2.18 bits per heavy atom. The molecular formula is C26H29Cl2N7O7S2. The number of anilines is 2. The highest BCUT2D eigenvalue weighted by atomic mass is 35.5. The third kappa shape index (κ3) is 10.8. The van der Waals surface area contributed by atoms with Crippen LogP contribution in [0.3, 0.4) is 0 Å². The van der Waals surface area contributed by atoms with Gasteiger partial charge in [-0.3, -0.25) is 13.9 Å². The summed E-state index contributed by atoms with van der Waals surface area (Å²) in [7, 11) is -8.26. The van der Waals surface area contributed by atoms with Crippen molar-refractivity contribution in [2.75, 3.05) is 34.8 Å². The zero-order valence-electron chi connectivity index (χ0n) is 23.4. The molecule has 0 unspecified atom stereocenters. The summed E-state index contributed by atoms with van der Waals surface area (Å²) >= 11 is 12.3.